The van der Waals surface area contributed by atoms with Crippen LogP contribution in [0.2, 0.25) is 0 Å². The molecular formula is C18H24N2O2. The van der Waals surface area contributed by atoms with Crippen LogP contribution in [-0.2, 0) is 11.2 Å². The lowest BCUT2D eigenvalue weighted by Crippen LogP contribution is -2.30. The van der Waals surface area contributed by atoms with Gasteiger partial charge < -0.3 is 9.84 Å². The maximum Gasteiger partial charge on any atom is 0.225 e. The number of aryl methyl sites for hydroxylation is 4. The fraction of sp³-hybridized carbons (Fsp3) is 0.444. The minimum absolute atomic E-state index is 0.00113. The summed E-state index contributed by atoms with van der Waals surface area (Å²) >= 11 is 0. The molecule has 0 bridgehead atoms. The summed E-state index contributed by atoms with van der Waals surface area (Å²) in [6.07, 6.45) is 1.17. The van der Waals surface area contributed by atoms with Gasteiger partial charge in [-0.25, -0.2) is 0 Å². The van der Waals surface area contributed by atoms with Gasteiger partial charge in [0.1, 0.15) is 5.76 Å². The minimum atomic E-state index is 0.00113. The normalized spacial score (nSPS) is 12.2. The monoisotopic (exact) mass is 300 g/mol. The molecule has 1 aromatic carbocycles. The van der Waals surface area contributed by atoms with Crippen LogP contribution in [0.1, 0.15) is 53.1 Å². The van der Waals surface area contributed by atoms with E-state index in [1.54, 1.807) is 0 Å². The molecule has 4 heteroatoms. The van der Waals surface area contributed by atoms with Crippen molar-refractivity contribution in [2.24, 2.45) is 0 Å². The van der Waals surface area contributed by atoms with Crippen LogP contribution >= 0.6 is 0 Å². The van der Waals surface area contributed by atoms with E-state index in [0.717, 1.165) is 17.7 Å². The topological polar surface area (TPSA) is 55.1 Å². The molecule has 0 saturated carbocycles. The average Bonchev–Trinajstić information content (AvgIpc) is 2.77. The number of nitrogens with one attached hydrogen (secondary N) is 1. The third-order valence-electron chi connectivity index (χ3n) is 4.06. The summed E-state index contributed by atoms with van der Waals surface area (Å²) in [7, 11) is 0. The van der Waals surface area contributed by atoms with E-state index < -0.39 is 0 Å². The van der Waals surface area contributed by atoms with Crippen molar-refractivity contribution < 1.29 is 9.32 Å². The number of rotatable bonds is 5. The summed E-state index contributed by atoms with van der Waals surface area (Å²) < 4.78 is 5.11. The highest BCUT2D eigenvalue weighted by Gasteiger charge is 2.18. The van der Waals surface area contributed by atoms with Crippen LogP contribution in [0.15, 0.2) is 22.7 Å². The largest absolute Gasteiger partial charge is 0.361 e. The number of carbonyl (C=O) groups excluding carboxylic acids is 1. The fourth-order valence-electron chi connectivity index (χ4n) is 2.78. The second kappa shape index (κ2) is 6.77. The lowest BCUT2D eigenvalue weighted by Gasteiger charge is -2.20. The van der Waals surface area contributed by atoms with Crippen molar-refractivity contribution in [3.63, 3.8) is 0 Å². The van der Waals surface area contributed by atoms with Crippen molar-refractivity contribution in [3.05, 3.63) is 51.9 Å². The average molecular weight is 300 g/mol. The van der Waals surface area contributed by atoms with Gasteiger partial charge in [-0.2, -0.15) is 0 Å². The van der Waals surface area contributed by atoms with Gasteiger partial charge >= 0.3 is 0 Å². The molecule has 0 saturated heterocycles. The molecule has 1 heterocycles. The molecule has 0 aliphatic carbocycles. The Morgan fingerprint density at radius 2 is 2.00 bits per heavy atom. The summed E-state index contributed by atoms with van der Waals surface area (Å²) in [5.41, 5.74) is 5.29. The molecule has 0 aliphatic rings. The van der Waals surface area contributed by atoms with Gasteiger partial charge in [0.05, 0.1) is 18.2 Å². The summed E-state index contributed by atoms with van der Waals surface area (Å²) in [5.74, 6) is 0.716. The lowest BCUT2D eigenvalue weighted by atomic mass is 9.97. The molecule has 118 valence electrons. The summed E-state index contributed by atoms with van der Waals surface area (Å²) in [6.45, 7) is 9.95. The molecule has 1 amide bonds. The van der Waals surface area contributed by atoms with Gasteiger partial charge in [-0.15, -0.1) is 0 Å². The number of hydrogen-bond donors (Lipinski definition) is 1. The lowest BCUT2D eigenvalue weighted by molar-refractivity contribution is -0.121. The van der Waals surface area contributed by atoms with Crippen molar-refractivity contribution in [1.29, 1.82) is 0 Å². The number of hydrogen-bond acceptors (Lipinski definition) is 3. The van der Waals surface area contributed by atoms with Gasteiger partial charge in [0, 0.05) is 5.56 Å². The van der Waals surface area contributed by atoms with Crippen LogP contribution < -0.4 is 5.32 Å². The van der Waals surface area contributed by atoms with E-state index in [1.807, 2.05) is 13.8 Å². The Morgan fingerprint density at radius 1 is 1.27 bits per heavy atom. The minimum Gasteiger partial charge on any atom is -0.361 e. The second-order valence-corrected chi connectivity index (χ2v) is 5.87. The third-order valence-corrected chi connectivity index (χ3v) is 4.06. The number of nitrogens with zero attached hydrogens (tertiary/aromatic N) is 1. The van der Waals surface area contributed by atoms with Gasteiger partial charge in [0.25, 0.3) is 0 Å². The van der Waals surface area contributed by atoms with Gasteiger partial charge in [0.2, 0.25) is 5.91 Å². The van der Waals surface area contributed by atoms with E-state index in [1.165, 1.54) is 16.7 Å². The number of benzene rings is 1. The Bertz CT molecular complexity index is 654. The van der Waals surface area contributed by atoms with Gasteiger partial charge in [-0.05, 0) is 45.2 Å². The molecule has 2 rings (SSSR count). The van der Waals surface area contributed by atoms with E-state index in [9.17, 15) is 4.79 Å². The van der Waals surface area contributed by atoms with Crippen molar-refractivity contribution in [1.82, 2.24) is 10.5 Å². The van der Waals surface area contributed by atoms with Crippen molar-refractivity contribution in [3.8, 4) is 0 Å². The Kier molecular flexibility index (Phi) is 5.01. The number of amides is 1. The summed E-state index contributed by atoms with van der Waals surface area (Å²) in [5, 5.41) is 7.02. The Morgan fingerprint density at radius 3 is 2.55 bits per heavy atom. The van der Waals surface area contributed by atoms with E-state index in [2.05, 4.69) is 49.4 Å². The molecule has 0 spiro atoms. The van der Waals surface area contributed by atoms with Crippen LogP contribution in [-0.4, -0.2) is 11.1 Å². The SMILES string of the molecule is CC[C@@H](NC(=O)Cc1c(C)noc1C)c1ccc(C)cc1C. The first-order valence-electron chi connectivity index (χ1n) is 7.70. The molecule has 4 nitrogen and oxygen atoms in total. The Hall–Kier alpha value is -2.10. The second-order valence-electron chi connectivity index (χ2n) is 5.87. The fourth-order valence-corrected chi connectivity index (χ4v) is 2.78. The summed E-state index contributed by atoms with van der Waals surface area (Å²) in [4.78, 5) is 12.4. The quantitative estimate of drug-likeness (QED) is 0.915. The molecule has 0 unspecified atom stereocenters. The maximum atomic E-state index is 12.4. The van der Waals surface area contributed by atoms with Crippen LogP contribution in [0.5, 0.6) is 0 Å². The molecule has 1 atom stereocenters. The maximum absolute atomic E-state index is 12.4. The smallest absolute Gasteiger partial charge is 0.225 e. The van der Waals surface area contributed by atoms with Crippen LogP contribution in [0, 0.1) is 27.7 Å². The first kappa shape index (κ1) is 16.3. The number of carbonyl (C=O) groups is 1. The highest BCUT2D eigenvalue weighted by molar-refractivity contribution is 5.79. The number of aromatic nitrogens is 1. The Labute approximate surface area is 131 Å². The third kappa shape index (κ3) is 3.56. The van der Waals surface area contributed by atoms with E-state index in [-0.39, 0.29) is 11.9 Å². The van der Waals surface area contributed by atoms with Gasteiger partial charge in [0.15, 0.2) is 0 Å². The summed E-state index contributed by atoms with van der Waals surface area (Å²) in [6, 6.07) is 6.38. The van der Waals surface area contributed by atoms with E-state index in [0.29, 0.717) is 12.2 Å². The molecule has 2 aromatic rings. The standard InChI is InChI=1S/C18H24N2O2/c1-6-17(15-8-7-11(2)9-12(15)3)19-18(21)10-16-13(4)20-22-14(16)5/h7-9,17H,6,10H2,1-5H3,(H,19,21)/t17-/m1/s1. The molecule has 0 fully saturated rings. The predicted octanol–water partition coefficient (Wildman–Crippen LogP) is 3.72. The zero-order valence-corrected chi connectivity index (χ0v) is 14.0. The van der Waals surface area contributed by atoms with Gasteiger partial charge in [-0.3, -0.25) is 4.79 Å². The first-order chi connectivity index (χ1) is 10.4. The highest BCUT2D eigenvalue weighted by atomic mass is 16.5. The zero-order chi connectivity index (χ0) is 16.3. The van der Waals surface area contributed by atoms with Crippen molar-refractivity contribution >= 4 is 5.91 Å². The van der Waals surface area contributed by atoms with E-state index >= 15 is 0 Å². The Balaban J connectivity index is 2.11. The molecule has 0 aliphatic heterocycles. The molecule has 1 N–H and O–H groups in total. The van der Waals surface area contributed by atoms with Crippen LogP contribution in [0.25, 0.3) is 0 Å². The van der Waals surface area contributed by atoms with Crippen LogP contribution in [0.3, 0.4) is 0 Å². The zero-order valence-electron chi connectivity index (χ0n) is 14.0. The molecular weight excluding hydrogens is 276 g/mol. The highest BCUT2D eigenvalue weighted by Crippen LogP contribution is 2.22. The first-order valence-corrected chi connectivity index (χ1v) is 7.70. The van der Waals surface area contributed by atoms with E-state index in [4.69, 9.17) is 4.52 Å². The molecule has 22 heavy (non-hydrogen) atoms. The van der Waals surface area contributed by atoms with Crippen LogP contribution in [0.4, 0.5) is 0 Å². The predicted molar refractivity (Wildman–Crippen MR) is 86.8 cm³/mol. The van der Waals surface area contributed by atoms with Gasteiger partial charge in [-0.1, -0.05) is 35.8 Å². The molecule has 1 aromatic heterocycles. The van der Waals surface area contributed by atoms with Crippen molar-refractivity contribution in [2.75, 3.05) is 0 Å². The molecule has 0 radical (unpaired) electrons. The van der Waals surface area contributed by atoms with Crippen molar-refractivity contribution in [2.45, 2.75) is 53.5 Å².